The highest BCUT2D eigenvalue weighted by Crippen LogP contribution is 2.41. The predicted octanol–water partition coefficient (Wildman–Crippen LogP) is 3.74. The average molecular weight is 302 g/mol. The van der Waals surface area contributed by atoms with Crippen molar-refractivity contribution in [2.45, 2.75) is 32.2 Å². The molecule has 1 unspecified atom stereocenters. The Morgan fingerprint density at radius 2 is 2.10 bits per heavy atom. The topological polar surface area (TPSA) is 34.1 Å². The van der Waals surface area contributed by atoms with E-state index >= 15 is 0 Å². The van der Waals surface area contributed by atoms with Crippen LogP contribution in [0.5, 0.6) is 5.75 Å². The standard InChI is InChI=1S/C17H22N2OS/c1-12-19-15(11-21-12)9-10-18-17(13-3-4-13)14-5-7-16(20-2)8-6-14/h5-8,11,13,17-18H,3-4,9-10H2,1-2H3. The summed E-state index contributed by atoms with van der Waals surface area (Å²) in [5.74, 6) is 1.71. The van der Waals surface area contributed by atoms with Crippen molar-refractivity contribution in [2.24, 2.45) is 5.92 Å². The first kappa shape index (κ1) is 14.5. The predicted molar refractivity (Wildman–Crippen MR) is 87.0 cm³/mol. The number of aromatic nitrogens is 1. The van der Waals surface area contributed by atoms with E-state index in [1.807, 2.05) is 0 Å². The van der Waals surface area contributed by atoms with Gasteiger partial charge in [-0.05, 0) is 43.4 Å². The van der Waals surface area contributed by atoms with Crippen molar-refractivity contribution in [2.75, 3.05) is 13.7 Å². The van der Waals surface area contributed by atoms with E-state index in [0.717, 1.165) is 29.6 Å². The summed E-state index contributed by atoms with van der Waals surface area (Å²) >= 11 is 1.73. The molecule has 4 heteroatoms. The van der Waals surface area contributed by atoms with E-state index in [2.05, 4.69) is 46.9 Å². The Balaban J connectivity index is 1.59. The van der Waals surface area contributed by atoms with E-state index in [1.165, 1.54) is 24.1 Å². The highest BCUT2D eigenvalue weighted by molar-refractivity contribution is 7.09. The molecule has 0 bridgehead atoms. The molecule has 1 aliphatic rings. The number of aryl methyl sites for hydroxylation is 1. The number of methoxy groups -OCH3 is 1. The first-order chi connectivity index (χ1) is 10.3. The number of nitrogens with one attached hydrogen (secondary N) is 1. The zero-order valence-electron chi connectivity index (χ0n) is 12.6. The Hall–Kier alpha value is -1.39. The summed E-state index contributed by atoms with van der Waals surface area (Å²) in [6.07, 6.45) is 3.67. The molecule has 1 saturated carbocycles. The Morgan fingerprint density at radius 1 is 1.33 bits per heavy atom. The minimum atomic E-state index is 0.468. The number of hydrogen-bond acceptors (Lipinski definition) is 4. The second-order valence-corrected chi connectivity index (χ2v) is 6.71. The molecule has 1 aromatic carbocycles. The lowest BCUT2D eigenvalue weighted by Gasteiger charge is -2.19. The fourth-order valence-corrected chi connectivity index (χ4v) is 3.32. The molecule has 3 nitrogen and oxygen atoms in total. The molecule has 1 aliphatic carbocycles. The number of ether oxygens (including phenoxy) is 1. The molecule has 21 heavy (non-hydrogen) atoms. The van der Waals surface area contributed by atoms with Crippen LogP contribution in [0, 0.1) is 12.8 Å². The van der Waals surface area contributed by atoms with Crippen molar-refractivity contribution in [3.05, 3.63) is 45.9 Å². The van der Waals surface area contributed by atoms with Crippen molar-refractivity contribution in [3.63, 3.8) is 0 Å². The number of thiazole rings is 1. The van der Waals surface area contributed by atoms with E-state index in [-0.39, 0.29) is 0 Å². The Labute approximate surface area is 130 Å². The van der Waals surface area contributed by atoms with Gasteiger partial charge in [0, 0.05) is 24.4 Å². The van der Waals surface area contributed by atoms with Crippen molar-refractivity contribution in [3.8, 4) is 5.75 Å². The van der Waals surface area contributed by atoms with Crippen LogP contribution in [0.2, 0.25) is 0 Å². The molecular weight excluding hydrogens is 280 g/mol. The van der Waals surface area contributed by atoms with Crippen LogP contribution < -0.4 is 10.1 Å². The third-order valence-corrected chi connectivity index (χ3v) is 4.80. The summed E-state index contributed by atoms with van der Waals surface area (Å²) in [5, 5.41) is 7.03. The summed E-state index contributed by atoms with van der Waals surface area (Å²) in [5.41, 5.74) is 2.57. The maximum atomic E-state index is 5.24. The quantitative estimate of drug-likeness (QED) is 0.846. The summed E-state index contributed by atoms with van der Waals surface area (Å²) in [6, 6.07) is 8.94. The van der Waals surface area contributed by atoms with E-state index in [1.54, 1.807) is 18.4 Å². The first-order valence-electron chi connectivity index (χ1n) is 7.54. The second kappa shape index (κ2) is 6.58. The molecule has 1 fully saturated rings. The van der Waals surface area contributed by atoms with Gasteiger partial charge < -0.3 is 10.1 Å². The normalized spacial score (nSPS) is 15.9. The number of hydrogen-bond donors (Lipinski definition) is 1. The van der Waals surface area contributed by atoms with Gasteiger partial charge in [-0.2, -0.15) is 0 Å². The maximum Gasteiger partial charge on any atom is 0.118 e. The van der Waals surface area contributed by atoms with Gasteiger partial charge in [-0.25, -0.2) is 4.98 Å². The molecule has 0 aliphatic heterocycles. The Kier molecular flexibility index (Phi) is 4.56. The third kappa shape index (κ3) is 3.83. The van der Waals surface area contributed by atoms with Gasteiger partial charge in [0.05, 0.1) is 17.8 Å². The largest absolute Gasteiger partial charge is 0.497 e. The molecule has 2 aromatic rings. The molecular formula is C17H22N2OS. The van der Waals surface area contributed by atoms with E-state index in [0.29, 0.717) is 6.04 Å². The molecule has 1 N–H and O–H groups in total. The van der Waals surface area contributed by atoms with E-state index in [9.17, 15) is 0 Å². The number of nitrogens with zero attached hydrogens (tertiary/aromatic N) is 1. The fourth-order valence-electron chi connectivity index (χ4n) is 2.68. The molecule has 0 amide bonds. The zero-order chi connectivity index (χ0) is 14.7. The molecule has 0 spiro atoms. The molecule has 0 saturated heterocycles. The summed E-state index contributed by atoms with van der Waals surface area (Å²) in [4.78, 5) is 4.53. The van der Waals surface area contributed by atoms with Crippen molar-refractivity contribution in [1.82, 2.24) is 10.3 Å². The first-order valence-corrected chi connectivity index (χ1v) is 8.42. The lowest BCUT2D eigenvalue weighted by Crippen LogP contribution is -2.25. The van der Waals surface area contributed by atoms with Crippen molar-refractivity contribution >= 4 is 11.3 Å². The minimum absolute atomic E-state index is 0.468. The second-order valence-electron chi connectivity index (χ2n) is 5.65. The molecule has 3 rings (SSSR count). The lowest BCUT2D eigenvalue weighted by atomic mass is 10.0. The third-order valence-electron chi connectivity index (χ3n) is 3.98. The summed E-state index contributed by atoms with van der Waals surface area (Å²) < 4.78 is 5.24. The van der Waals surface area contributed by atoms with Crippen molar-refractivity contribution < 1.29 is 4.74 Å². The maximum absolute atomic E-state index is 5.24. The average Bonchev–Trinajstić information content (AvgIpc) is 3.26. The van der Waals surface area contributed by atoms with Crippen LogP contribution in [-0.4, -0.2) is 18.6 Å². The smallest absolute Gasteiger partial charge is 0.118 e. The SMILES string of the molecule is COc1ccc(C(NCCc2csc(C)n2)C2CC2)cc1. The van der Waals surface area contributed by atoms with Gasteiger partial charge in [-0.1, -0.05) is 12.1 Å². The minimum Gasteiger partial charge on any atom is -0.497 e. The molecule has 1 heterocycles. The summed E-state index contributed by atoms with van der Waals surface area (Å²) in [7, 11) is 1.71. The van der Waals surface area contributed by atoms with Gasteiger partial charge >= 0.3 is 0 Å². The highest BCUT2D eigenvalue weighted by atomic mass is 32.1. The Bertz CT molecular complexity index is 575. The number of rotatable bonds is 7. The summed E-state index contributed by atoms with van der Waals surface area (Å²) in [6.45, 7) is 3.04. The van der Waals surface area contributed by atoms with E-state index in [4.69, 9.17) is 4.74 Å². The van der Waals surface area contributed by atoms with Gasteiger partial charge in [-0.15, -0.1) is 11.3 Å². The van der Waals surface area contributed by atoms with Crippen molar-refractivity contribution in [1.29, 1.82) is 0 Å². The molecule has 1 atom stereocenters. The number of benzene rings is 1. The van der Waals surface area contributed by atoms with Crippen LogP contribution in [0.3, 0.4) is 0 Å². The van der Waals surface area contributed by atoms with Gasteiger partial charge in [-0.3, -0.25) is 0 Å². The zero-order valence-corrected chi connectivity index (χ0v) is 13.5. The van der Waals surface area contributed by atoms with Crippen LogP contribution in [0.15, 0.2) is 29.6 Å². The van der Waals surface area contributed by atoms with Gasteiger partial charge in [0.1, 0.15) is 5.75 Å². The van der Waals surface area contributed by atoms with Crippen LogP contribution in [-0.2, 0) is 6.42 Å². The highest BCUT2D eigenvalue weighted by Gasteiger charge is 2.31. The van der Waals surface area contributed by atoms with Crippen LogP contribution in [0.25, 0.3) is 0 Å². The van der Waals surface area contributed by atoms with E-state index < -0.39 is 0 Å². The van der Waals surface area contributed by atoms with Gasteiger partial charge in [0.15, 0.2) is 0 Å². The molecule has 112 valence electrons. The fraction of sp³-hybridized carbons (Fsp3) is 0.471. The van der Waals surface area contributed by atoms with Gasteiger partial charge in [0.25, 0.3) is 0 Å². The molecule has 0 radical (unpaired) electrons. The monoisotopic (exact) mass is 302 g/mol. The Morgan fingerprint density at radius 3 is 2.67 bits per heavy atom. The van der Waals surface area contributed by atoms with Crippen LogP contribution in [0.1, 0.15) is 35.1 Å². The lowest BCUT2D eigenvalue weighted by molar-refractivity contribution is 0.413. The van der Waals surface area contributed by atoms with Crippen LogP contribution >= 0.6 is 11.3 Å². The van der Waals surface area contributed by atoms with Gasteiger partial charge in [0.2, 0.25) is 0 Å². The molecule has 1 aromatic heterocycles. The van der Waals surface area contributed by atoms with Crippen LogP contribution in [0.4, 0.5) is 0 Å².